The van der Waals surface area contributed by atoms with E-state index < -0.39 is 5.82 Å². The molecule has 0 radical (unpaired) electrons. The molecule has 0 bridgehead atoms. The number of carbonyl (C=O) groups is 1. The van der Waals surface area contributed by atoms with Gasteiger partial charge in [0.1, 0.15) is 11.6 Å². The van der Waals surface area contributed by atoms with Crippen LogP contribution in [-0.4, -0.2) is 61.3 Å². The summed E-state index contributed by atoms with van der Waals surface area (Å²) in [5.41, 5.74) is 1.12. The molecule has 180 valence electrons. The van der Waals surface area contributed by atoms with Gasteiger partial charge >= 0.3 is 0 Å². The van der Waals surface area contributed by atoms with Gasteiger partial charge in [-0.25, -0.2) is 9.49 Å². The lowest BCUT2D eigenvalue weighted by Crippen LogP contribution is -2.41. The van der Waals surface area contributed by atoms with Crippen LogP contribution in [0.4, 0.5) is 4.39 Å². The Morgan fingerprint density at radius 3 is 2.71 bits per heavy atom. The summed E-state index contributed by atoms with van der Waals surface area (Å²) in [5, 5.41) is 16.6. The Balaban J connectivity index is 1.42. The molecule has 0 fully saturated rings. The summed E-state index contributed by atoms with van der Waals surface area (Å²) in [4.78, 5) is 29.1. The second-order valence-electron chi connectivity index (χ2n) is 9.21. The lowest BCUT2D eigenvalue weighted by atomic mass is 10.0. The number of nitrogens with zero attached hydrogens (tertiary/aromatic N) is 6. The predicted molar refractivity (Wildman–Crippen MR) is 128 cm³/mol. The van der Waals surface area contributed by atoms with E-state index in [1.165, 1.54) is 6.07 Å². The van der Waals surface area contributed by atoms with Crippen LogP contribution in [0, 0.1) is 5.82 Å². The summed E-state index contributed by atoms with van der Waals surface area (Å²) in [6.07, 6.45) is 0.344. The van der Waals surface area contributed by atoms with E-state index in [4.69, 9.17) is 0 Å². The zero-order valence-electron chi connectivity index (χ0n) is 19.8. The lowest BCUT2D eigenvalue weighted by molar-refractivity contribution is 0.0673. The fraction of sp³-hybridized carbons (Fsp3) is 0.320. The smallest absolute Gasteiger partial charge is 0.272 e. The number of H-pyrrole nitrogens is 1. The van der Waals surface area contributed by atoms with E-state index in [0.717, 1.165) is 16.8 Å². The molecule has 1 aliphatic rings. The second kappa shape index (κ2) is 9.03. The van der Waals surface area contributed by atoms with Gasteiger partial charge in [-0.3, -0.25) is 9.59 Å². The third-order valence-corrected chi connectivity index (χ3v) is 6.25. The number of amides is 1. The summed E-state index contributed by atoms with van der Waals surface area (Å²) in [7, 11) is 3.93. The minimum atomic E-state index is -0.578. The van der Waals surface area contributed by atoms with Crippen molar-refractivity contribution in [2.75, 3.05) is 20.6 Å². The van der Waals surface area contributed by atoms with Crippen molar-refractivity contribution in [2.45, 2.75) is 32.5 Å². The van der Waals surface area contributed by atoms with E-state index in [0.29, 0.717) is 36.4 Å². The molecule has 0 aliphatic carbocycles. The van der Waals surface area contributed by atoms with Crippen molar-refractivity contribution in [3.63, 3.8) is 0 Å². The highest BCUT2D eigenvalue weighted by atomic mass is 19.1. The van der Waals surface area contributed by atoms with E-state index >= 15 is 0 Å². The largest absolute Gasteiger partial charge is 0.329 e. The third kappa shape index (κ3) is 4.32. The Morgan fingerprint density at radius 1 is 1.17 bits per heavy atom. The standard InChI is InChI=1S/C25H26FN7O2/c1-15-12-32(14-23-29-28-22(33(15)23)13-31(2)3)25(35)19-10-16(8-9-20(19)26)11-21-17-6-4-5-7-18(17)24(34)30-27-21/h4-10,15H,11-14H2,1-3H3,(H,30,34). The van der Waals surface area contributed by atoms with Crippen LogP contribution >= 0.6 is 0 Å². The Hall–Kier alpha value is -3.92. The summed E-state index contributed by atoms with van der Waals surface area (Å²) in [5.74, 6) is 0.567. The Morgan fingerprint density at radius 2 is 1.94 bits per heavy atom. The van der Waals surface area contributed by atoms with Crippen LogP contribution in [0.2, 0.25) is 0 Å². The Labute approximate surface area is 201 Å². The summed E-state index contributed by atoms with van der Waals surface area (Å²) < 4.78 is 16.9. The van der Waals surface area contributed by atoms with Gasteiger partial charge in [0, 0.05) is 18.4 Å². The molecule has 4 aromatic rings. The summed E-state index contributed by atoms with van der Waals surface area (Å²) in [6, 6.07) is 11.7. The highest BCUT2D eigenvalue weighted by molar-refractivity contribution is 5.95. The van der Waals surface area contributed by atoms with E-state index in [-0.39, 0.29) is 29.6 Å². The zero-order valence-corrected chi connectivity index (χ0v) is 19.8. The molecule has 0 spiro atoms. The van der Waals surface area contributed by atoms with Crippen molar-refractivity contribution >= 4 is 16.7 Å². The molecule has 1 unspecified atom stereocenters. The van der Waals surface area contributed by atoms with Gasteiger partial charge in [-0.1, -0.05) is 24.3 Å². The van der Waals surface area contributed by atoms with Gasteiger partial charge in [-0.2, -0.15) is 5.10 Å². The Kier molecular flexibility index (Phi) is 5.89. The van der Waals surface area contributed by atoms with Crippen LogP contribution in [0.15, 0.2) is 47.3 Å². The Bertz CT molecular complexity index is 1480. The molecular formula is C25H26FN7O2. The molecule has 2 aromatic heterocycles. The number of nitrogens with one attached hydrogen (secondary N) is 1. The molecule has 35 heavy (non-hydrogen) atoms. The van der Waals surface area contributed by atoms with Crippen molar-refractivity contribution in [2.24, 2.45) is 0 Å². The van der Waals surface area contributed by atoms with Gasteiger partial charge in [-0.05, 0) is 44.8 Å². The van der Waals surface area contributed by atoms with Crippen molar-refractivity contribution in [1.29, 1.82) is 0 Å². The first kappa shape index (κ1) is 22.9. The first-order valence-electron chi connectivity index (χ1n) is 11.4. The van der Waals surface area contributed by atoms with Crippen LogP contribution in [0.3, 0.4) is 0 Å². The van der Waals surface area contributed by atoms with Crippen LogP contribution in [-0.2, 0) is 19.5 Å². The number of rotatable bonds is 5. The normalized spacial score (nSPS) is 15.6. The number of hydrogen-bond donors (Lipinski definition) is 1. The lowest BCUT2D eigenvalue weighted by Gasteiger charge is -2.33. The molecule has 0 saturated carbocycles. The molecule has 1 N–H and O–H groups in total. The molecule has 9 nitrogen and oxygen atoms in total. The van der Waals surface area contributed by atoms with Crippen molar-refractivity contribution < 1.29 is 9.18 Å². The van der Waals surface area contributed by atoms with Crippen molar-refractivity contribution in [3.05, 3.63) is 87.1 Å². The highest BCUT2D eigenvalue weighted by Crippen LogP contribution is 2.25. The highest BCUT2D eigenvalue weighted by Gasteiger charge is 2.31. The van der Waals surface area contributed by atoms with Crippen molar-refractivity contribution in [3.8, 4) is 0 Å². The van der Waals surface area contributed by atoms with E-state index in [2.05, 4.69) is 25.0 Å². The SMILES string of the molecule is CC1CN(C(=O)c2cc(Cc3n[nH]c(=O)c4ccccc34)ccc2F)Cc2nnc(CN(C)C)n21. The van der Waals surface area contributed by atoms with E-state index in [9.17, 15) is 14.0 Å². The molecule has 2 aromatic carbocycles. The minimum absolute atomic E-state index is 0.00455. The number of halogens is 1. The van der Waals surface area contributed by atoms with Crippen molar-refractivity contribution in [1.82, 2.24) is 34.8 Å². The van der Waals surface area contributed by atoms with Crippen LogP contribution < -0.4 is 5.56 Å². The maximum absolute atomic E-state index is 14.8. The van der Waals surface area contributed by atoms with Gasteiger partial charge in [0.25, 0.3) is 11.5 Å². The number of fused-ring (bicyclic) bond motifs is 2. The van der Waals surface area contributed by atoms with Crippen LogP contribution in [0.1, 0.15) is 46.2 Å². The number of hydrogen-bond acceptors (Lipinski definition) is 6. The predicted octanol–water partition coefficient (Wildman–Crippen LogP) is 2.52. The first-order chi connectivity index (χ1) is 16.8. The van der Waals surface area contributed by atoms with Gasteiger partial charge in [0.2, 0.25) is 0 Å². The topological polar surface area (TPSA) is 100 Å². The number of benzene rings is 2. The van der Waals surface area contributed by atoms with Gasteiger partial charge in [0.15, 0.2) is 5.82 Å². The van der Waals surface area contributed by atoms with E-state index in [1.54, 1.807) is 29.2 Å². The van der Waals surface area contributed by atoms with Crippen LogP contribution in [0.5, 0.6) is 0 Å². The third-order valence-electron chi connectivity index (χ3n) is 6.25. The first-order valence-corrected chi connectivity index (χ1v) is 11.4. The second-order valence-corrected chi connectivity index (χ2v) is 9.21. The summed E-state index contributed by atoms with van der Waals surface area (Å²) in [6.45, 7) is 3.35. The molecule has 5 rings (SSSR count). The minimum Gasteiger partial charge on any atom is -0.329 e. The maximum atomic E-state index is 14.8. The molecule has 0 saturated heterocycles. The number of carbonyl (C=O) groups excluding carboxylic acids is 1. The fourth-order valence-corrected chi connectivity index (χ4v) is 4.67. The maximum Gasteiger partial charge on any atom is 0.272 e. The fourth-order valence-electron chi connectivity index (χ4n) is 4.67. The van der Waals surface area contributed by atoms with Gasteiger partial charge in [-0.15, -0.1) is 10.2 Å². The van der Waals surface area contributed by atoms with Gasteiger partial charge in [0.05, 0.1) is 35.8 Å². The number of aromatic amines is 1. The average molecular weight is 476 g/mol. The molecular weight excluding hydrogens is 449 g/mol. The molecule has 1 amide bonds. The molecule has 3 heterocycles. The zero-order chi connectivity index (χ0) is 24.7. The average Bonchev–Trinajstić information content (AvgIpc) is 3.24. The van der Waals surface area contributed by atoms with Crippen LogP contribution in [0.25, 0.3) is 10.8 Å². The molecule has 1 aliphatic heterocycles. The monoisotopic (exact) mass is 475 g/mol. The molecule has 10 heteroatoms. The van der Waals surface area contributed by atoms with E-state index in [1.807, 2.05) is 38.1 Å². The number of aromatic nitrogens is 5. The molecule has 1 atom stereocenters. The van der Waals surface area contributed by atoms with Gasteiger partial charge < -0.3 is 14.4 Å². The quantitative estimate of drug-likeness (QED) is 0.476. The summed E-state index contributed by atoms with van der Waals surface area (Å²) >= 11 is 0.